The van der Waals surface area contributed by atoms with E-state index < -0.39 is 16.1 Å². The number of hydrogen-bond acceptors (Lipinski definition) is 7. The largest absolute Gasteiger partial charge is 0.497 e. The summed E-state index contributed by atoms with van der Waals surface area (Å²) in [6.07, 6.45) is -1.00. The first-order valence-electron chi connectivity index (χ1n) is 12.5. The molecule has 2 aliphatic rings. The van der Waals surface area contributed by atoms with Crippen molar-refractivity contribution in [3.63, 3.8) is 0 Å². The van der Waals surface area contributed by atoms with Crippen LogP contribution in [-0.4, -0.2) is 65.3 Å². The molecular formula is C28H31N3O6S. The summed E-state index contributed by atoms with van der Waals surface area (Å²) in [5, 5.41) is 2.90. The number of hydrogen-bond donors (Lipinski definition) is 1. The lowest BCUT2D eigenvalue weighted by Crippen LogP contribution is -2.50. The van der Waals surface area contributed by atoms with Crippen LogP contribution in [0.4, 0.5) is 5.69 Å². The van der Waals surface area contributed by atoms with Gasteiger partial charge < -0.3 is 19.5 Å². The van der Waals surface area contributed by atoms with Crippen LogP contribution in [0.3, 0.4) is 0 Å². The van der Waals surface area contributed by atoms with Gasteiger partial charge in [-0.25, -0.2) is 8.42 Å². The number of nitrogens with zero attached hydrogens (tertiary/aromatic N) is 2. The van der Waals surface area contributed by atoms with Gasteiger partial charge in [-0.3, -0.25) is 14.0 Å². The maximum atomic E-state index is 13.6. The molecule has 38 heavy (non-hydrogen) atoms. The van der Waals surface area contributed by atoms with Crippen molar-refractivity contribution >= 4 is 21.6 Å². The maximum absolute atomic E-state index is 13.6. The first kappa shape index (κ1) is 26.0. The fraction of sp³-hybridized carbons (Fsp3) is 0.321. The highest BCUT2D eigenvalue weighted by Crippen LogP contribution is 2.37. The van der Waals surface area contributed by atoms with Gasteiger partial charge in [0.15, 0.2) is 6.10 Å². The summed E-state index contributed by atoms with van der Waals surface area (Å²) in [7, 11) is -2.43. The number of fused-ring (bicyclic) bond motifs is 1. The molecule has 1 N–H and O–H groups in total. The van der Waals surface area contributed by atoms with Crippen molar-refractivity contribution in [2.45, 2.75) is 24.1 Å². The van der Waals surface area contributed by atoms with Gasteiger partial charge >= 0.3 is 0 Å². The van der Waals surface area contributed by atoms with Crippen LogP contribution >= 0.6 is 0 Å². The first-order valence-corrected chi connectivity index (χ1v) is 14.0. The second-order valence-corrected chi connectivity index (χ2v) is 11.1. The first-order chi connectivity index (χ1) is 18.4. The smallest absolute Gasteiger partial charge is 0.264 e. The molecule has 1 atom stereocenters. The van der Waals surface area contributed by atoms with E-state index in [-0.39, 0.29) is 17.3 Å². The molecule has 1 amide bonds. The van der Waals surface area contributed by atoms with Crippen LogP contribution < -0.4 is 19.1 Å². The van der Waals surface area contributed by atoms with Gasteiger partial charge in [0.05, 0.1) is 37.5 Å². The van der Waals surface area contributed by atoms with Crippen LogP contribution in [0.1, 0.15) is 11.1 Å². The molecular weight excluding hydrogens is 506 g/mol. The van der Waals surface area contributed by atoms with E-state index in [4.69, 9.17) is 14.2 Å². The zero-order chi connectivity index (χ0) is 26.5. The summed E-state index contributed by atoms with van der Waals surface area (Å²) in [6, 6.07) is 21.1. The summed E-state index contributed by atoms with van der Waals surface area (Å²) in [5.41, 5.74) is 2.54. The molecule has 9 nitrogen and oxygen atoms in total. The second kappa shape index (κ2) is 11.4. The molecule has 0 aromatic heterocycles. The van der Waals surface area contributed by atoms with Crippen molar-refractivity contribution in [3.05, 3.63) is 83.9 Å². The molecule has 2 heterocycles. The molecule has 0 unspecified atom stereocenters. The number of ether oxygens (including phenoxy) is 3. The Kier molecular flexibility index (Phi) is 7.82. The Bertz CT molecular complexity index is 1360. The quantitative estimate of drug-likeness (QED) is 0.472. The Morgan fingerprint density at radius 2 is 1.66 bits per heavy atom. The van der Waals surface area contributed by atoms with E-state index in [0.717, 1.165) is 38.4 Å². The van der Waals surface area contributed by atoms with Gasteiger partial charge in [-0.15, -0.1) is 0 Å². The molecule has 0 aliphatic carbocycles. The number of para-hydroxylation sites is 2. The number of amides is 1. The van der Waals surface area contributed by atoms with E-state index in [1.54, 1.807) is 36.4 Å². The maximum Gasteiger partial charge on any atom is 0.264 e. The minimum atomic E-state index is -3.95. The Morgan fingerprint density at radius 3 is 2.37 bits per heavy atom. The average molecular weight is 538 g/mol. The van der Waals surface area contributed by atoms with Gasteiger partial charge in [0.2, 0.25) is 0 Å². The molecule has 1 fully saturated rings. The van der Waals surface area contributed by atoms with Gasteiger partial charge in [0.25, 0.3) is 15.9 Å². The van der Waals surface area contributed by atoms with Crippen molar-refractivity contribution in [1.82, 2.24) is 10.2 Å². The van der Waals surface area contributed by atoms with Gasteiger partial charge in [-0.05, 0) is 47.5 Å². The van der Waals surface area contributed by atoms with Gasteiger partial charge in [0.1, 0.15) is 11.5 Å². The predicted octanol–water partition coefficient (Wildman–Crippen LogP) is 2.80. The van der Waals surface area contributed by atoms with Crippen LogP contribution in [-0.2, 0) is 32.6 Å². The molecule has 3 aromatic carbocycles. The fourth-order valence-electron chi connectivity index (χ4n) is 4.52. The minimum absolute atomic E-state index is 0.103. The zero-order valence-corrected chi connectivity index (χ0v) is 22.0. The van der Waals surface area contributed by atoms with Crippen molar-refractivity contribution in [2.24, 2.45) is 0 Å². The third kappa shape index (κ3) is 5.77. The van der Waals surface area contributed by atoms with E-state index in [2.05, 4.69) is 22.3 Å². The Labute approximate surface area is 223 Å². The predicted molar refractivity (Wildman–Crippen MR) is 143 cm³/mol. The number of rotatable bonds is 8. The number of benzene rings is 3. The molecule has 3 aromatic rings. The van der Waals surface area contributed by atoms with Crippen LogP contribution in [0, 0.1) is 0 Å². The Morgan fingerprint density at radius 1 is 0.974 bits per heavy atom. The monoisotopic (exact) mass is 537 g/mol. The molecule has 0 saturated carbocycles. The topological polar surface area (TPSA) is 97.4 Å². The molecule has 1 saturated heterocycles. The fourth-order valence-corrected chi connectivity index (χ4v) is 6.00. The summed E-state index contributed by atoms with van der Waals surface area (Å²) < 4.78 is 44.8. The van der Waals surface area contributed by atoms with Gasteiger partial charge in [-0.2, -0.15) is 0 Å². The minimum Gasteiger partial charge on any atom is -0.497 e. The summed E-state index contributed by atoms with van der Waals surface area (Å²) in [6.45, 7) is 4.40. The molecule has 0 bridgehead atoms. The normalized spacial score (nSPS) is 17.8. The standard InChI is InChI=1S/C28H31N3O6S/c1-35-23-10-12-24(13-11-23)38(33,34)31-20-27(37-26-5-3-2-4-25(26)31)28(32)29-18-21-6-8-22(9-7-21)19-30-14-16-36-17-15-30/h2-13,27H,14-20H2,1H3,(H,29,32)/t27-/m1/s1. The molecule has 0 radical (unpaired) electrons. The summed E-state index contributed by atoms with van der Waals surface area (Å²) in [5.74, 6) is 0.507. The van der Waals surface area contributed by atoms with E-state index in [1.165, 1.54) is 29.1 Å². The van der Waals surface area contributed by atoms with E-state index >= 15 is 0 Å². The van der Waals surface area contributed by atoms with Crippen molar-refractivity contribution in [3.8, 4) is 11.5 Å². The lowest BCUT2D eigenvalue weighted by Gasteiger charge is -2.34. The summed E-state index contributed by atoms with van der Waals surface area (Å²) in [4.78, 5) is 15.6. The SMILES string of the molecule is COc1ccc(S(=O)(=O)N2C[C@H](C(=O)NCc3ccc(CN4CCOCC4)cc3)Oc3ccccc32)cc1. The second-order valence-electron chi connectivity index (χ2n) is 9.21. The molecule has 0 spiro atoms. The Balaban J connectivity index is 1.26. The van der Waals surface area contributed by atoms with Gasteiger partial charge in [0, 0.05) is 26.2 Å². The third-order valence-electron chi connectivity index (χ3n) is 6.67. The van der Waals surface area contributed by atoms with Gasteiger partial charge in [-0.1, -0.05) is 36.4 Å². The average Bonchev–Trinajstić information content (AvgIpc) is 2.96. The molecule has 200 valence electrons. The number of carbonyl (C=O) groups excluding carboxylic acids is 1. The van der Waals surface area contributed by atoms with E-state index in [1.807, 2.05) is 12.1 Å². The van der Waals surface area contributed by atoms with Crippen LogP contribution in [0.2, 0.25) is 0 Å². The number of nitrogens with one attached hydrogen (secondary N) is 1. The highest BCUT2D eigenvalue weighted by molar-refractivity contribution is 7.92. The lowest BCUT2D eigenvalue weighted by atomic mass is 10.1. The van der Waals surface area contributed by atoms with Crippen molar-refractivity contribution in [2.75, 3.05) is 44.3 Å². The number of sulfonamides is 1. The lowest BCUT2D eigenvalue weighted by molar-refractivity contribution is -0.127. The highest BCUT2D eigenvalue weighted by atomic mass is 32.2. The highest BCUT2D eigenvalue weighted by Gasteiger charge is 2.37. The zero-order valence-electron chi connectivity index (χ0n) is 21.2. The number of anilines is 1. The van der Waals surface area contributed by atoms with Crippen LogP contribution in [0.15, 0.2) is 77.7 Å². The number of morpholine rings is 1. The van der Waals surface area contributed by atoms with Crippen LogP contribution in [0.5, 0.6) is 11.5 Å². The number of carbonyl (C=O) groups is 1. The number of methoxy groups -OCH3 is 1. The molecule has 2 aliphatic heterocycles. The molecule has 10 heteroatoms. The molecule has 5 rings (SSSR count). The summed E-state index contributed by atoms with van der Waals surface area (Å²) >= 11 is 0. The third-order valence-corrected chi connectivity index (χ3v) is 8.47. The van der Waals surface area contributed by atoms with E-state index in [0.29, 0.717) is 23.7 Å². The Hall–Kier alpha value is -3.60. The van der Waals surface area contributed by atoms with Crippen molar-refractivity contribution < 1.29 is 27.4 Å². The van der Waals surface area contributed by atoms with Crippen LogP contribution in [0.25, 0.3) is 0 Å². The van der Waals surface area contributed by atoms with Crippen molar-refractivity contribution in [1.29, 1.82) is 0 Å². The van der Waals surface area contributed by atoms with E-state index in [9.17, 15) is 13.2 Å².